The molecule has 3 atom stereocenters. The Kier molecular flexibility index (Phi) is 6.13. The predicted molar refractivity (Wildman–Crippen MR) is 93.4 cm³/mol. The highest BCUT2D eigenvalue weighted by molar-refractivity contribution is 6.48. The molecule has 137 valence electrons. The summed E-state index contributed by atoms with van der Waals surface area (Å²) in [6.45, 7) is 15.9. The zero-order valence-corrected chi connectivity index (χ0v) is 17.1. The summed E-state index contributed by atoms with van der Waals surface area (Å²) in [5, 5.41) is 19.8. The first kappa shape index (κ1) is 20.9. The SMILES string of the molecule is C[Si](C)O[C@]1(C(O)C#N)C[C@H](C(C)(C)C)CN1C(=O)OC(C)(C)C. The van der Waals surface area contributed by atoms with Crippen LogP contribution in [0, 0.1) is 22.7 Å². The quantitative estimate of drug-likeness (QED) is 0.621. The second kappa shape index (κ2) is 7.02. The number of amides is 1. The zero-order chi connectivity index (χ0) is 18.9. The van der Waals surface area contributed by atoms with Crippen LogP contribution in [0.15, 0.2) is 0 Å². The molecule has 0 bridgehead atoms. The third kappa shape index (κ3) is 4.71. The smallest absolute Gasteiger partial charge is 0.412 e. The first-order valence-corrected chi connectivity index (χ1v) is 10.7. The van der Waals surface area contributed by atoms with Gasteiger partial charge in [0.25, 0.3) is 0 Å². The van der Waals surface area contributed by atoms with Gasteiger partial charge in [0.05, 0.1) is 6.07 Å². The van der Waals surface area contributed by atoms with E-state index in [4.69, 9.17) is 9.16 Å². The number of likely N-dealkylation sites (tertiary alicyclic amines) is 1. The molecule has 0 aromatic heterocycles. The number of rotatable bonds is 3. The standard InChI is InChI=1S/C17H31N2O4Si/c1-15(2,3)12-9-17(13(20)10-18,23-24(7)8)19(11-12)14(21)22-16(4,5)6/h12-13,20H,9,11H2,1-8H3/t12-,13?,17-/m0/s1. The van der Waals surface area contributed by atoms with Crippen molar-refractivity contribution >= 4 is 15.1 Å². The van der Waals surface area contributed by atoms with Gasteiger partial charge in [-0.3, -0.25) is 4.90 Å². The molecule has 1 unspecified atom stereocenters. The highest BCUT2D eigenvalue weighted by atomic mass is 28.3. The topological polar surface area (TPSA) is 82.8 Å². The van der Waals surface area contributed by atoms with Gasteiger partial charge >= 0.3 is 6.09 Å². The third-order valence-corrected chi connectivity index (χ3v) is 4.93. The number of carbonyl (C=O) groups is 1. The van der Waals surface area contributed by atoms with Crippen LogP contribution in [-0.2, 0) is 9.16 Å². The van der Waals surface area contributed by atoms with Gasteiger partial charge in [0.1, 0.15) is 5.60 Å². The van der Waals surface area contributed by atoms with E-state index in [-0.39, 0.29) is 11.3 Å². The first-order chi connectivity index (χ1) is 10.7. The maximum Gasteiger partial charge on any atom is 0.412 e. The summed E-state index contributed by atoms with van der Waals surface area (Å²) in [5.74, 6) is 0.0920. The van der Waals surface area contributed by atoms with Gasteiger partial charge in [0, 0.05) is 13.0 Å². The van der Waals surface area contributed by atoms with Crippen molar-refractivity contribution in [2.24, 2.45) is 11.3 Å². The van der Waals surface area contributed by atoms with Crippen LogP contribution in [0.4, 0.5) is 4.79 Å². The Balaban J connectivity index is 3.31. The summed E-state index contributed by atoms with van der Waals surface area (Å²) in [5.41, 5.74) is -2.09. The summed E-state index contributed by atoms with van der Waals surface area (Å²) >= 11 is 0. The van der Waals surface area contributed by atoms with Crippen molar-refractivity contribution in [3.8, 4) is 6.07 Å². The van der Waals surface area contributed by atoms with Crippen LogP contribution >= 0.6 is 0 Å². The minimum atomic E-state index is -1.42. The molecular weight excluding hydrogens is 324 g/mol. The van der Waals surface area contributed by atoms with E-state index in [2.05, 4.69) is 20.8 Å². The largest absolute Gasteiger partial charge is 0.444 e. The maximum absolute atomic E-state index is 12.8. The number of aliphatic hydroxyl groups is 1. The van der Waals surface area contributed by atoms with Crippen LogP contribution in [0.5, 0.6) is 0 Å². The lowest BCUT2D eigenvalue weighted by Gasteiger charge is -2.41. The lowest BCUT2D eigenvalue weighted by atomic mass is 9.78. The monoisotopic (exact) mass is 355 g/mol. The fraction of sp³-hybridized carbons (Fsp3) is 0.882. The van der Waals surface area contributed by atoms with Crippen LogP contribution in [0.3, 0.4) is 0 Å². The summed E-state index contributed by atoms with van der Waals surface area (Å²) < 4.78 is 11.6. The van der Waals surface area contributed by atoms with Gasteiger partial charge in [-0.15, -0.1) is 0 Å². The number of ether oxygens (including phenoxy) is 1. The molecule has 1 aliphatic rings. The number of nitrogens with zero attached hydrogens (tertiary/aromatic N) is 2. The van der Waals surface area contributed by atoms with Gasteiger partial charge in [-0.2, -0.15) is 5.26 Å². The minimum Gasteiger partial charge on any atom is -0.444 e. The molecule has 1 aliphatic heterocycles. The summed E-state index contributed by atoms with van der Waals surface area (Å²) in [6, 6.07) is 1.87. The van der Waals surface area contributed by atoms with Crippen molar-refractivity contribution in [2.45, 2.75) is 78.5 Å². The van der Waals surface area contributed by atoms with Crippen molar-refractivity contribution in [1.82, 2.24) is 4.90 Å². The number of hydrogen-bond donors (Lipinski definition) is 1. The summed E-state index contributed by atoms with van der Waals surface area (Å²) in [6.07, 6.45) is -1.55. The maximum atomic E-state index is 12.8. The van der Waals surface area contributed by atoms with Gasteiger partial charge in [-0.05, 0) is 45.2 Å². The average Bonchev–Trinajstić information content (AvgIpc) is 2.75. The van der Waals surface area contributed by atoms with Crippen molar-refractivity contribution < 1.29 is 19.1 Å². The Morgan fingerprint density at radius 1 is 1.33 bits per heavy atom. The highest BCUT2D eigenvalue weighted by Crippen LogP contribution is 2.45. The van der Waals surface area contributed by atoms with Crippen molar-refractivity contribution in [2.75, 3.05) is 6.54 Å². The first-order valence-electron chi connectivity index (χ1n) is 8.30. The van der Waals surface area contributed by atoms with Crippen LogP contribution in [0.2, 0.25) is 13.1 Å². The van der Waals surface area contributed by atoms with E-state index in [9.17, 15) is 15.2 Å². The molecule has 0 aromatic carbocycles. The molecule has 1 heterocycles. The molecule has 1 saturated heterocycles. The molecule has 6 nitrogen and oxygen atoms in total. The van der Waals surface area contributed by atoms with Gasteiger partial charge in [-0.25, -0.2) is 4.79 Å². The molecule has 24 heavy (non-hydrogen) atoms. The van der Waals surface area contributed by atoms with Crippen LogP contribution in [-0.4, -0.2) is 49.1 Å². The van der Waals surface area contributed by atoms with Crippen molar-refractivity contribution in [1.29, 1.82) is 5.26 Å². The highest BCUT2D eigenvalue weighted by Gasteiger charge is 2.57. The van der Waals surface area contributed by atoms with E-state index in [1.165, 1.54) is 4.90 Å². The molecule has 0 spiro atoms. The normalized spacial score (nSPS) is 26.4. The fourth-order valence-electron chi connectivity index (χ4n) is 2.89. The molecule has 7 heteroatoms. The number of aliphatic hydroxyl groups excluding tert-OH is 1. The van der Waals surface area contributed by atoms with E-state index >= 15 is 0 Å². The molecule has 0 saturated carbocycles. The zero-order valence-electron chi connectivity index (χ0n) is 16.1. The minimum absolute atomic E-state index is 0.0884. The molecule has 1 radical (unpaired) electrons. The Morgan fingerprint density at radius 2 is 1.88 bits per heavy atom. The molecule has 0 aromatic rings. The van der Waals surface area contributed by atoms with Crippen LogP contribution < -0.4 is 0 Å². The Hall–Kier alpha value is -1.10. The van der Waals surface area contributed by atoms with Gasteiger partial charge in [-0.1, -0.05) is 20.8 Å². The summed E-state index contributed by atoms with van der Waals surface area (Å²) in [7, 11) is -1.27. The van der Waals surface area contributed by atoms with Crippen molar-refractivity contribution in [3.05, 3.63) is 0 Å². The lowest BCUT2D eigenvalue weighted by Crippen LogP contribution is -2.59. The Morgan fingerprint density at radius 3 is 2.25 bits per heavy atom. The van der Waals surface area contributed by atoms with E-state index in [0.29, 0.717) is 13.0 Å². The molecule has 0 aliphatic carbocycles. The fourth-order valence-corrected chi connectivity index (χ4v) is 3.91. The second-order valence-electron chi connectivity index (χ2n) is 8.74. The van der Waals surface area contributed by atoms with E-state index in [1.807, 2.05) is 19.2 Å². The van der Waals surface area contributed by atoms with E-state index in [1.54, 1.807) is 20.8 Å². The lowest BCUT2D eigenvalue weighted by molar-refractivity contribution is -0.119. The van der Waals surface area contributed by atoms with Crippen molar-refractivity contribution in [3.63, 3.8) is 0 Å². The van der Waals surface area contributed by atoms with E-state index < -0.39 is 32.6 Å². The summed E-state index contributed by atoms with van der Waals surface area (Å²) in [4.78, 5) is 14.2. The number of carbonyl (C=O) groups excluding carboxylic acids is 1. The second-order valence-corrected chi connectivity index (χ2v) is 10.8. The van der Waals surface area contributed by atoms with Gasteiger partial charge < -0.3 is 14.3 Å². The predicted octanol–water partition coefficient (Wildman–Crippen LogP) is 3.14. The molecule has 1 N–H and O–H groups in total. The van der Waals surface area contributed by atoms with Gasteiger partial charge in [0.2, 0.25) is 9.04 Å². The molecule has 1 amide bonds. The van der Waals surface area contributed by atoms with Crippen LogP contribution in [0.25, 0.3) is 0 Å². The average molecular weight is 356 g/mol. The van der Waals surface area contributed by atoms with Crippen LogP contribution in [0.1, 0.15) is 48.0 Å². The number of hydrogen-bond acceptors (Lipinski definition) is 5. The molecule has 1 fully saturated rings. The Bertz CT molecular complexity index is 504. The molecular formula is C17H31N2O4Si. The van der Waals surface area contributed by atoms with E-state index in [0.717, 1.165) is 0 Å². The Labute approximate surface area is 147 Å². The third-order valence-electron chi connectivity index (χ3n) is 4.17. The van der Waals surface area contributed by atoms with Gasteiger partial charge in [0.15, 0.2) is 11.8 Å². The number of nitriles is 1. The molecule has 1 rings (SSSR count).